The SMILES string of the molecule is CC1C(N)CCC(C(=O)N[C@H](C)C2CCCC2)C1(C)C. The third kappa shape index (κ3) is 3.03. The molecule has 0 bridgehead atoms. The molecule has 3 N–H and O–H groups in total. The van der Waals surface area contributed by atoms with E-state index in [1.165, 1.54) is 25.7 Å². The smallest absolute Gasteiger partial charge is 0.223 e. The molecule has 4 atom stereocenters. The van der Waals surface area contributed by atoms with E-state index in [-0.39, 0.29) is 23.3 Å². The first-order valence-corrected chi connectivity index (χ1v) is 8.40. The van der Waals surface area contributed by atoms with E-state index < -0.39 is 0 Å². The van der Waals surface area contributed by atoms with Crippen LogP contribution in [-0.2, 0) is 4.79 Å². The van der Waals surface area contributed by atoms with Crippen molar-refractivity contribution in [2.24, 2.45) is 28.9 Å². The molecule has 2 aliphatic carbocycles. The fourth-order valence-corrected chi connectivity index (χ4v) is 4.22. The highest BCUT2D eigenvalue weighted by atomic mass is 16.2. The summed E-state index contributed by atoms with van der Waals surface area (Å²) in [6.45, 7) is 8.80. The molecule has 3 unspecified atom stereocenters. The minimum atomic E-state index is -0.00283. The minimum Gasteiger partial charge on any atom is -0.353 e. The highest BCUT2D eigenvalue weighted by Crippen LogP contribution is 2.44. The van der Waals surface area contributed by atoms with Gasteiger partial charge < -0.3 is 11.1 Å². The van der Waals surface area contributed by atoms with Crippen molar-refractivity contribution < 1.29 is 4.79 Å². The molecule has 1 amide bonds. The molecule has 2 aliphatic rings. The van der Waals surface area contributed by atoms with Crippen molar-refractivity contribution in [3.63, 3.8) is 0 Å². The van der Waals surface area contributed by atoms with Crippen LogP contribution in [0.4, 0.5) is 0 Å². The van der Waals surface area contributed by atoms with Crippen LogP contribution in [-0.4, -0.2) is 18.0 Å². The molecule has 2 fully saturated rings. The van der Waals surface area contributed by atoms with Crippen molar-refractivity contribution in [2.75, 3.05) is 0 Å². The van der Waals surface area contributed by atoms with Gasteiger partial charge >= 0.3 is 0 Å². The average molecular weight is 280 g/mol. The maximum absolute atomic E-state index is 12.7. The summed E-state index contributed by atoms with van der Waals surface area (Å²) in [6.07, 6.45) is 7.10. The molecule has 3 nitrogen and oxygen atoms in total. The first-order valence-electron chi connectivity index (χ1n) is 8.40. The third-order valence-electron chi connectivity index (χ3n) is 6.30. The van der Waals surface area contributed by atoms with E-state index in [0.717, 1.165) is 12.8 Å². The van der Waals surface area contributed by atoms with Crippen molar-refractivity contribution in [2.45, 2.75) is 78.3 Å². The second-order valence-electron chi connectivity index (χ2n) is 7.75. The lowest BCUT2D eigenvalue weighted by atomic mass is 9.61. The Kier molecular flexibility index (Phi) is 4.78. The number of nitrogens with one attached hydrogen (secondary N) is 1. The lowest BCUT2D eigenvalue weighted by Gasteiger charge is -2.46. The fraction of sp³-hybridized carbons (Fsp3) is 0.941. The largest absolute Gasteiger partial charge is 0.353 e. The van der Waals surface area contributed by atoms with Gasteiger partial charge in [-0.15, -0.1) is 0 Å². The fourth-order valence-electron chi connectivity index (χ4n) is 4.22. The molecule has 0 radical (unpaired) electrons. The number of rotatable bonds is 3. The second-order valence-corrected chi connectivity index (χ2v) is 7.75. The summed E-state index contributed by atoms with van der Waals surface area (Å²) in [5, 5.41) is 3.30. The van der Waals surface area contributed by atoms with Crippen LogP contribution in [0.5, 0.6) is 0 Å². The van der Waals surface area contributed by atoms with E-state index in [0.29, 0.717) is 17.9 Å². The van der Waals surface area contributed by atoms with Crippen LogP contribution in [0.2, 0.25) is 0 Å². The zero-order valence-electron chi connectivity index (χ0n) is 13.6. The summed E-state index contributed by atoms with van der Waals surface area (Å²) in [7, 11) is 0. The highest BCUT2D eigenvalue weighted by Gasteiger charge is 2.45. The van der Waals surface area contributed by atoms with Gasteiger partial charge in [0.1, 0.15) is 0 Å². The van der Waals surface area contributed by atoms with Crippen molar-refractivity contribution in [3.05, 3.63) is 0 Å². The van der Waals surface area contributed by atoms with Gasteiger partial charge in [0.05, 0.1) is 0 Å². The van der Waals surface area contributed by atoms with Crippen LogP contribution in [0, 0.1) is 23.2 Å². The van der Waals surface area contributed by atoms with Crippen molar-refractivity contribution in [1.82, 2.24) is 5.32 Å². The lowest BCUT2D eigenvalue weighted by Crippen LogP contribution is -2.53. The quantitative estimate of drug-likeness (QED) is 0.834. The predicted molar refractivity (Wildman–Crippen MR) is 83.2 cm³/mol. The van der Waals surface area contributed by atoms with Crippen LogP contribution in [0.3, 0.4) is 0 Å². The van der Waals surface area contributed by atoms with Gasteiger partial charge in [-0.3, -0.25) is 4.79 Å². The molecular weight excluding hydrogens is 248 g/mol. The maximum atomic E-state index is 12.7. The number of carbonyl (C=O) groups is 1. The Bertz CT molecular complexity index is 347. The van der Waals surface area contributed by atoms with Crippen LogP contribution in [0.1, 0.15) is 66.2 Å². The first-order chi connectivity index (χ1) is 9.34. The zero-order chi connectivity index (χ0) is 14.9. The van der Waals surface area contributed by atoms with Gasteiger partial charge in [0.15, 0.2) is 0 Å². The lowest BCUT2D eigenvalue weighted by molar-refractivity contribution is -0.133. The van der Waals surface area contributed by atoms with Crippen molar-refractivity contribution >= 4 is 5.91 Å². The Hall–Kier alpha value is -0.570. The second kappa shape index (κ2) is 6.05. The Morgan fingerprint density at radius 2 is 1.80 bits per heavy atom. The molecule has 0 heterocycles. The zero-order valence-corrected chi connectivity index (χ0v) is 13.6. The number of carbonyl (C=O) groups excluding carboxylic acids is 1. The van der Waals surface area contributed by atoms with E-state index in [4.69, 9.17) is 5.73 Å². The standard InChI is InChI=1S/C17H32N2O/c1-11-15(18)10-9-14(17(11,3)4)16(20)19-12(2)13-7-5-6-8-13/h11-15H,5-10,18H2,1-4H3,(H,19,20)/t11?,12-,14?,15?/m1/s1. The summed E-state index contributed by atoms with van der Waals surface area (Å²) >= 11 is 0. The minimum absolute atomic E-state index is 0.00283. The molecule has 0 aromatic rings. The summed E-state index contributed by atoms with van der Waals surface area (Å²) in [5.41, 5.74) is 6.18. The molecule has 3 heteroatoms. The maximum Gasteiger partial charge on any atom is 0.223 e. The molecule has 0 aromatic heterocycles. The van der Waals surface area contributed by atoms with Gasteiger partial charge in [-0.25, -0.2) is 0 Å². The Labute approximate surface area is 124 Å². The Morgan fingerprint density at radius 1 is 1.20 bits per heavy atom. The van der Waals surface area contributed by atoms with Crippen molar-refractivity contribution in [3.8, 4) is 0 Å². The molecule has 2 saturated carbocycles. The van der Waals surface area contributed by atoms with Gasteiger partial charge in [-0.1, -0.05) is 33.6 Å². The number of hydrogen-bond donors (Lipinski definition) is 2. The van der Waals surface area contributed by atoms with Gasteiger partial charge in [0.25, 0.3) is 0 Å². The molecule has 0 aromatic carbocycles. The summed E-state index contributed by atoms with van der Waals surface area (Å²) in [6, 6.07) is 0.563. The number of nitrogens with two attached hydrogens (primary N) is 1. The molecule has 0 aliphatic heterocycles. The van der Waals surface area contributed by atoms with Crippen LogP contribution in [0.15, 0.2) is 0 Å². The number of hydrogen-bond acceptors (Lipinski definition) is 2. The van der Waals surface area contributed by atoms with E-state index in [2.05, 4.69) is 33.0 Å². The van der Waals surface area contributed by atoms with E-state index in [1.54, 1.807) is 0 Å². The summed E-state index contributed by atoms with van der Waals surface area (Å²) < 4.78 is 0. The summed E-state index contributed by atoms with van der Waals surface area (Å²) in [5.74, 6) is 1.45. The van der Waals surface area contributed by atoms with Crippen LogP contribution in [0.25, 0.3) is 0 Å². The molecule has 20 heavy (non-hydrogen) atoms. The Balaban J connectivity index is 1.97. The van der Waals surface area contributed by atoms with Crippen LogP contribution < -0.4 is 11.1 Å². The van der Waals surface area contributed by atoms with Crippen LogP contribution >= 0.6 is 0 Å². The first kappa shape index (κ1) is 15.8. The van der Waals surface area contributed by atoms with Gasteiger partial charge in [0.2, 0.25) is 5.91 Å². The van der Waals surface area contributed by atoms with Gasteiger partial charge in [-0.2, -0.15) is 0 Å². The molecule has 2 rings (SSSR count). The van der Waals surface area contributed by atoms with Crippen molar-refractivity contribution in [1.29, 1.82) is 0 Å². The van der Waals surface area contributed by atoms with Gasteiger partial charge in [-0.05, 0) is 49.9 Å². The molecule has 0 spiro atoms. The Morgan fingerprint density at radius 3 is 2.40 bits per heavy atom. The number of amides is 1. The highest BCUT2D eigenvalue weighted by molar-refractivity contribution is 5.80. The van der Waals surface area contributed by atoms with E-state index in [1.807, 2.05) is 0 Å². The van der Waals surface area contributed by atoms with Gasteiger partial charge in [0, 0.05) is 18.0 Å². The monoisotopic (exact) mass is 280 g/mol. The summed E-state index contributed by atoms with van der Waals surface area (Å²) in [4.78, 5) is 12.7. The average Bonchev–Trinajstić information content (AvgIpc) is 2.89. The normalized spacial score (nSPS) is 35.8. The third-order valence-corrected chi connectivity index (χ3v) is 6.30. The van der Waals surface area contributed by atoms with E-state index >= 15 is 0 Å². The predicted octanol–water partition coefficient (Wildman–Crippen LogP) is 3.08. The molecule has 116 valence electrons. The topological polar surface area (TPSA) is 55.1 Å². The molecular formula is C17H32N2O. The molecule has 0 saturated heterocycles. The van der Waals surface area contributed by atoms with E-state index in [9.17, 15) is 4.79 Å².